The molecule has 0 fully saturated rings. The molecule has 7 aromatic rings. The topological polar surface area (TPSA) is 234 Å². The number of fused-ring (bicyclic) bond motifs is 2. The minimum Gasteiger partial charge on any atom is -0.491 e. The van der Waals surface area contributed by atoms with Crippen LogP contribution in [0.5, 0.6) is 5.75 Å². The highest BCUT2D eigenvalue weighted by Crippen LogP contribution is 2.42. The number of nitrogens with zero attached hydrogens (tertiary/aromatic N) is 8. The van der Waals surface area contributed by atoms with Gasteiger partial charge < -0.3 is 30.1 Å². The van der Waals surface area contributed by atoms with E-state index in [9.17, 15) is 19.2 Å². The predicted octanol–water partition coefficient (Wildman–Crippen LogP) is 6.09. The van der Waals surface area contributed by atoms with Gasteiger partial charge >= 0.3 is 11.8 Å². The number of amides is 4. The predicted molar refractivity (Wildman–Crippen MR) is 234 cm³/mol. The van der Waals surface area contributed by atoms with Crippen LogP contribution < -0.4 is 26.8 Å². The van der Waals surface area contributed by atoms with Crippen LogP contribution in [0.3, 0.4) is 0 Å². The second kappa shape index (κ2) is 18.8. The Morgan fingerprint density at radius 2 is 1.23 bits per heavy atom. The lowest BCUT2D eigenvalue weighted by Crippen LogP contribution is -2.47. The average Bonchev–Trinajstić information content (AvgIpc) is 4.04. The van der Waals surface area contributed by atoms with Crippen molar-refractivity contribution in [1.29, 1.82) is 0 Å². The summed E-state index contributed by atoms with van der Waals surface area (Å²) in [7, 11) is 0. The maximum absolute atomic E-state index is 16.8. The van der Waals surface area contributed by atoms with Crippen LogP contribution in [0.2, 0.25) is 0 Å². The highest BCUT2D eigenvalue weighted by molar-refractivity contribution is 6.05. The van der Waals surface area contributed by atoms with Crippen molar-refractivity contribution in [2.45, 2.75) is 78.7 Å². The summed E-state index contributed by atoms with van der Waals surface area (Å²) >= 11 is 0. The van der Waals surface area contributed by atoms with E-state index in [0.29, 0.717) is 27.1 Å². The number of benzene rings is 3. The van der Waals surface area contributed by atoms with Crippen LogP contribution in [0.1, 0.15) is 78.9 Å². The summed E-state index contributed by atoms with van der Waals surface area (Å²) < 4.78 is 82.8. The molecule has 66 heavy (non-hydrogen) atoms. The molecule has 0 bridgehead atoms. The number of anilines is 2. The molecule has 0 radical (unpaired) electrons. The molecule has 3 aromatic carbocycles. The van der Waals surface area contributed by atoms with Crippen LogP contribution in [0.4, 0.5) is 29.5 Å². The van der Waals surface area contributed by atoms with E-state index in [-0.39, 0.29) is 83.1 Å². The van der Waals surface area contributed by atoms with Gasteiger partial charge in [0.15, 0.2) is 0 Å². The molecule has 4 aromatic heterocycles. The van der Waals surface area contributed by atoms with E-state index in [1.54, 1.807) is 27.7 Å². The van der Waals surface area contributed by atoms with Gasteiger partial charge in [-0.15, -0.1) is 0 Å². The summed E-state index contributed by atoms with van der Waals surface area (Å²) in [5, 5.41) is 13.4. The first-order valence-electron chi connectivity index (χ1n) is 20.8. The number of hydrogen-bond acceptors (Lipinski definition) is 10. The molecular formula is C44H46F4N12O6. The monoisotopic (exact) mass is 914 g/mol. The van der Waals surface area contributed by atoms with Crippen molar-refractivity contribution in [3.63, 3.8) is 0 Å². The Balaban J connectivity index is 1.26. The average molecular weight is 915 g/mol. The number of nitrogens with two attached hydrogens (primary N) is 2. The maximum atomic E-state index is 16.8. The van der Waals surface area contributed by atoms with Gasteiger partial charge in [0, 0.05) is 30.6 Å². The summed E-state index contributed by atoms with van der Waals surface area (Å²) in [6.45, 7) is 4.12. The van der Waals surface area contributed by atoms with Crippen molar-refractivity contribution >= 4 is 57.6 Å². The van der Waals surface area contributed by atoms with Gasteiger partial charge in [0.1, 0.15) is 22.7 Å². The zero-order valence-electron chi connectivity index (χ0n) is 36.3. The summed E-state index contributed by atoms with van der Waals surface area (Å²) in [4.78, 5) is 60.4. The number of alkyl halides is 4. The van der Waals surface area contributed by atoms with Gasteiger partial charge in [-0.3, -0.25) is 39.2 Å². The van der Waals surface area contributed by atoms with Gasteiger partial charge in [-0.1, -0.05) is 30.3 Å². The highest BCUT2D eigenvalue weighted by Gasteiger charge is 2.57. The molecule has 0 aliphatic heterocycles. The maximum Gasteiger partial charge on any atom is 0.329 e. The third kappa shape index (κ3) is 9.72. The van der Waals surface area contributed by atoms with E-state index < -0.39 is 60.5 Å². The van der Waals surface area contributed by atoms with Gasteiger partial charge in [-0.25, -0.2) is 9.97 Å². The minimum absolute atomic E-state index is 0.0219. The number of carbonyl (C=O) groups is 4. The lowest BCUT2D eigenvalue weighted by molar-refractivity contribution is -0.220. The van der Waals surface area contributed by atoms with Gasteiger partial charge in [0.2, 0.25) is 23.7 Å². The van der Waals surface area contributed by atoms with Crippen molar-refractivity contribution < 1.29 is 46.2 Å². The molecule has 0 atom stereocenters. The van der Waals surface area contributed by atoms with Crippen LogP contribution >= 0.6 is 0 Å². The molecule has 0 aliphatic carbocycles. The van der Waals surface area contributed by atoms with Gasteiger partial charge in [-0.2, -0.15) is 27.8 Å². The van der Waals surface area contributed by atoms with E-state index in [0.717, 1.165) is 11.6 Å². The van der Waals surface area contributed by atoms with Crippen molar-refractivity contribution in [2.75, 3.05) is 23.8 Å². The molecule has 0 spiro atoms. The molecule has 4 heterocycles. The quantitative estimate of drug-likeness (QED) is 0.0507. The van der Waals surface area contributed by atoms with E-state index in [2.05, 4.69) is 30.8 Å². The molecule has 4 amide bonds. The Hall–Kier alpha value is -7.62. The summed E-state index contributed by atoms with van der Waals surface area (Å²) in [6, 6.07) is 18.2. The molecule has 7 rings (SSSR count). The van der Waals surface area contributed by atoms with Crippen LogP contribution in [-0.4, -0.2) is 87.4 Å². The minimum atomic E-state index is -4.98. The van der Waals surface area contributed by atoms with E-state index in [1.807, 2.05) is 30.3 Å². The van der Waals surface area contributed by atoms with Crippen molar-refractivity contribution in [2.24, 2.45) is 11.5 Å². The second-order valence-corrected chi connectivity index (χ2v) is 15.3. The van der Waals surface area contributed by atoms with Crippen molar-refractivity contribution in [3.8, 4) is 5.75 Å². The Morgan fingerprint density at radius 1 is 0.682 bits per heavy atom. The Kier molecular flexibility index (Phi) is 13.2. The first-order chi connectivity index (χ1) is 31.4. The van der Waals surface area contributed by atoms with Gasteiger partial charge in [-0.05, 0) is 75.7 Å². The fourth-order valence-corrected chi connectivity index (χ4v) is 7.28. The zero-order valence-corrected chi connectivity index (χ0v) is 36.3. The van der Waals surface area contributed by atoms with Gasteiger partial charge in [0.25, 0.3) is 11.8 Å². The number of halogens is 4. The lowest BCUT2D eigenvalue weighted by Gasteiger charge is -2.29. The van der Waals surface area contributed by atoms with Crippen molar-refractivity contribution in [3.05, 3.63) is 112 Å². The normalized spacial score (nSPS) is 11.9. The molecule has 0 saturated heterocycles. The van der Waals surface area contributed by atoms with Crippen molar-refractivity contribution in [1.82, 2.24) is 38.7 Å². The highest BCUT2D eigenvalue weighted by atomic mass is 19.3. The lowest BCUT2D eigenvalue weighted by atomic mass is 10.1. The standard InChI is InChI=1S/C44H46F4N12O6/c1-5-59-33(17-25(3)55-59)39(63)53-41-51-30-19-28(37(49)61)13-14-32(30)57(41)23-43(45,46)44(47,48)24-58-36-31(52-42(58)54-40(64)34-18-26(4)56-60(34)6-2)20-29(38(50)62)21-35(36)66-16-10-15-65-22-27-11-8-7-9-12-27/h7-9,11-14,17-21H,5-6,10,15-16,22-24H2,1-4H3,(H2,49,61)(H2,50,62)(H,51,53,63)(H,52,54,64). The molecule has 22 heteroatoms. The summed E-state index contributed by atoms with van der Waals surface area (Å²) in [5.74, 6) is -14.8. The fraction of sp³-hybridized carbons (Fsp3) is 0.318. The molecule has 0 unspecified atom stereocenters. The Bertz CT molecular complexity index is 2960. The second-order valence-electron chi connectivity index (χ2n) is 15.3. The molecule has 0 aliphatic rings. The number of aromatic nitrogens is 8. The van der Waals surface area contributed by atoms with E-state index >= 15 is 17.6 Å². The first kappa shape index (κ1) is 46.4. The third-order valence-electron chi connectivity index (χ3n) is 10.5. The number of nitrogens with one attached hydrogen (secondary N) is 2. The van der Waals surface area contributed by atoms with E-state index in [4.69, 9.17) is 20.9 Å². The summed E-state index contributed by atoms with van der Waals surface area (Å²) in [6.07, 6.45) is 0.278. The largest absolute Gasteiger partial charge is 0.491 e. The number of rotatable bonds is 20. The molecule has 18 nitrogen and oxygen atoms in total. The summed E-state index contributed by atoms with van der Waals surface area (Å²) in [5.41, 5.74) is 12.1. The van der Waals surface area contributed by atoms with Crippen LogP contribution in [0, 0.1) is 13.8 Å². The number of ether oxygens (including phenoxy) is 2. The number of hydrogen-bond donors (Lipinski definition) is 4. The number of aryl methyl sites for hydroxylation is 4. The third-order valence-corrected chi connectivity index (χ3v) is 10.5. The van der Waals surface area contributed by atoms with E-state index in [1.165, 1.54) is 45.8 Å². The van der Waals surface area contributed by atoms with Crippen LogP contribution in [0.25, 0.3) is 22.1 Å². The SMILES string of the molecule is CCn1nc(C)cc1C(=O)Nc1nc2cc(C(N)=O)ccc2n1CC(F)(F)C(F)(F)Cn1c(NC(=O)c2cc(C)nn2CC)nc2cc(C(N)=O)cc(OCCCOCc3ccccc3)c21. The molecule has 6 N–H and O–H groups in total. The number of carbonyl (C=O) groups excluding carboxylic acids is 4. The molecular weight excluding hydrogens is 869 g/mol. The van der Waals surface area contributed by atoms with Crippen LogP contribution in [-0.2, 0) is 37.5 Å². The fourth-order valence-electron chi connectivity index (χ4n) is 7.28. The van der Waals surface area contributed by atoms with Gasteiger partial charge in [0.05, 0.1) is 60.8 Å². The molecule has 0 saturated carbocycles. The van der Waals surface area contributed by atoms with Crippen LogP contribution in [0.15, 0.2) is 72.8 Å². The smallest absolute Gasteiger partial charge is 0.329 e. The Morgan fingerprint density at radius 3 is 1.80 bits per heavy atom. The molecule has 346 valence electrons. The number of primary amides is 2. The zero-order chi connectivity index (χ0) is 47.5. The Labute approximate surface area is 373 Å². The first-order valence-corrected chi connectivity index (χ1v) is 20.8. The number of imidazole rings is 2.